The highest BCUT2D eigenvalue weighted by Gasteiger charge is 2.18. The number of benzene rings is 1. The van der Waals surface area contributed by atoms with Crippen LogP contribution >= 0.6 is 27.5 Å². The lowest BCUT2D eigenvalue weighted by molar-refractivity contribution is 0.0811. The van der Waals surface area contributed by atoms with E-state index in [0.29, 0.717) is 17.5 Å². The van der Waals surface area contributed by atoms with E-state index in [1.165, 1.54) is 0 Å². The van der Waals surface area contributed by atoms with Crippen molar-refractivity contribution in [2.75, 3.05) is 6.61 Å². The summed E-state index contributed by atoms with van der Waals surface area (Å²) in [7, 11) is 0. The van der Waals surface area contributed by atoms with Crippen molar-refractivity contribution >= 4 is 27.5 Å². The zero-order valence-electron chi connectivity index (χ0n) is 9.53. The van der Waals surface area contributed by atoms with Crippen LogP contribution in [0.3, 0.4) is 0 Å². The summed E-state index contributed by atoms with van der Waals surface area (Å²) in [6.45, 7) is 0.863. The number of halogens is 2. The van der Waals surface area contributed by atoms with E-state index in [2.05, 4.69) is 15.9 Å². The third-order valence-electron chi connectivity index (χ3n) is 3.10. The summed E-state index contributed by atoms with van der Waals surface area (Å²) in [6.07, 6.45) is 3.71. The minimum Gasteiger partial charge on any atom is -0.388 e. The molecule has 94 valence electrons. The summed E-state index contributed by atoms with van der Waals surface area (Å²) in [5.41, 5.74) is 0.857. The van der Waals surface area contributed by atoms with E-state index in [9.17, 15) is 5.11 Å². The first kappa shape index (κ1) is 13.3. The van der Waals surface area contributed by atoms with Crippen molar-refractivity contribution < 1.29 is 9.84 Å². The number of aliphatic hydroxyl groups is 1. The van der Waals surface area contributed by atoms with Gasteiger partial charge in [-0.2, -0.15) is 0 Å². The Hall–Kier alpha value is -0.0900. The van der Waals surface area contributed by atoms with Crippen molar-refractivity contribution in [2.45, 2.75) is 37.9 Å². The molecule has 0 bridgehead atoms. The summed E-state index contributed by atoms with van der Waals surface area (Å²) < 4.78 is 6.45. The molecule has 4 heteroatoms. The van der Waals surface area contributed by atoms with Gasteiger partial charge in [-0.15, -0.1) is 0 Å². The van der Waals surface area contributed by atoms with E-state index in [1.807, 2.05) is 18.2 Å². The molecule has 1 heterocycles. The molecule has 0 saturated carbocycles. The Morgan fingerprint density at radius 1 is 1.53 bits per heavy atom. The van der Waals surface area contributed by atoms with Gasteiger partial charge in [0.25, 0.3) is 0 Å². The second-order valence-corrected chi connectivity index (χ2v) is 5.68. The van der Waals surface area contributed by atoms with Crippen LogP contribution in [0.5, 0.6) is 0 Å². The number of rotatable bonds is 4. The van der Waals surface area contributed by atoms with Gasteiger partial charge in [0.05, 0.1) is 12.2 Å². The van der Waals surface area contributed by atoms with Crippen LogP contribution in [-0.2, 0) is 4.74 Å². The summed E-state index contributed by atoms with van der Waals surface area (Å²) in [6, 6.07) is 5.49. The van der Waals surface area contributed by atoms with E-state index in [-0.39, 0.29) is 0 Å². The quantitative estimate of drug-likeness (QED) is 0.905. The Kier molecular flexibility index (Phi) is 4.86. The van der Waals surface area contributed by atoms with Gasteiger partial charge in [0.15, 0.2) is 0 Å². The molecule has 1 N–H and O–H groups in total. The van der Waals surface area contributed by atoms with Crippen molar-refractivity contribution in [3.63, 3.8) is 0 Å². The maximum absolute atomic E-state index is 10.1. The Balaban J connectivity index is 1.93. The third-order valence-corrected chi connectivity index (χ3v) is 4.06. The van der Waals surface area contributed by atoms with Crippen LogP contribution in [0.4, 0.5) is 0 Å². The van der Waals surface area contributed by atoms with Gasteiger partial charge in [0.1, 0.15) is 0 Å². The minimum atomic E-state index is -0.479. The lowest BCUT2D eigenvalue weighted by atomic mass is 10.0. The molecule has 0 radical (unpaired) electrons. The Morgan fingerprint density at radius 2 is 2.35 bits per heavy atom. The lowest BCUT2D eigenvalue weighted by Gasteiger charge is -2.15. The minimum absolute atomic E-state index is 0.322. The fraction of sp³-hybridized carbons (Fsp3) is 0.538. The molecule has 0 aliphatic carbocycles. The summed E-state index contributed by atoms with van der Waals surface area (Å²) >= 11 is 9.37. The van der Waals surface area contributed by atoms with Crippen molar-refractivity contribution in [3.8, 4) is 0 Å². The van der Waals surface area contributed by atoms with E-state index >= 15 is 0 Å². The van der Waals surface area contributed by atoms with Crippen molar-refractivity contribution in [1.29, 1.82) is 0 Å². The van der Waals surface area contributed by atoms with Crippen LogP contribution < -0.4 is 0 Å². The van der Waals surface area contributed by atoms with E-state index in [4.69, 9.17) is 16.3 Å². The van der Waals surface area contributed by atoms with Gasteiger partial charge in [-0.1, -0.05) is 27.5 Å². The third kappa shape index (κ3) is 3.68. The zero-order chi connectivity index (χ0) is 12.3. The molecule has 2 rings (SSSR count). The van der Waals surface area contributed by atoms with Crippen molar-refractivity contribution in [1.82, 2.24) is 0 Å². The highest BCUT2D eigenvalue weighted by Crippen LogP contribution is 2.30. The van der Waals surface area contributed by atoms with Crippen LogP contribution in [0.15, 0.2) is 22.7 Å². The number of aliphatic hydroxyl groups excluding tert-OH is 1. The van der Waals surface area contributed by atoms with Crippen LogP contribution in [0, 0.1) is 0 Å². The predicted octanol–water partition coefficient (Wildman–Crippen LogP) is 4.10. The second kappa shape index (κ2) is 6.19. The summed E-state index contributed by atoms with van der Waals surface area (Å²) in [5, 5.41) is 10.8. The summed E-state index contributed by atoms with van der Waals surface area (Å²) in [4.78, 5) is 0. The first-order valence-electron chi connectivity index (χ1n) is 5.91. The molecule has 2 unspecified atom stereocenters. The van der Waals surface area contributed by atoms with Gasteiger partial charge in [-0.3, -0.25) is 0 Å². The van der Waals surface area contributed by atoms with Crippen LogP contribution in [0.1, 0.15) is 37.4 Å². The molecular formula is C13H16BrClO2. The molecule has 0 spiro atoms. The Bertz CT molecular complexity index is 378. The molecule has 1 fully saturated rings. The van der Waals surface area contributed by atoms with Gasteiger partial charge in [-0.05, 0) is 49.4 Å². The van der Waals surface area contributed by atoms with E-state index in [0.717, 1.165) is 35.9 Å². The maximum Gasteiger partial charge on any atom is 0.0802 e. The topological polar surface area (TPSA) is 29.5 Å². The SMILES string of the molecule is OC(CCC1CCCO1)c1cc(Cl)ccc1Br. The average Bonchev–Trinajstić information content (AvgIpc) is 2.82. The van der Waals surface area contributed by atoms with Crippen LogP contribution in [0.2, 0.25) is 5.02 Å². The molecule has 2 atom stereocenters. The fourth-order valence-electron chi connectivity index (χ4n) is 2.14. The van der Waals surface area contributed by atoms with Crippen LogP contribution in [0.25, 0.3) is 0 Å². The molecule has 1 aliphatic rings. The van der Waals surface area contributed by atoms with Gasteiger partial charge in [0.2, 0.25) is 0 Å². The number of ether oxygens (including phenoxy) is 1. The van der Waals surface area contributed by atoms with Crippen molar-refractivity contribution in [3.05, 3.63) is 33.3 Å². The number of hydrogen-bond acceptors (Lipinski definition) is 2. The Morgan fingerprint density at radius 3 is 3.06 bits per heavy atom. The lowest BCUT2D eigenvalue weighted by Crippen LogP contribution is -2.08. The molecule has 1 aliphatic heterocycles. The molecule has 1 aromatic carbocycles. The molecule has 1 aromatic rings. The first-order valence-corrected chi connectivity index (χ1v) is 7.08. The van der Waals surface area contributed by atoms with Crippen LogP contribution in [-0.4, -0.2) is 17.8 Å². The van der Waals surface area contributed by atoms with Gasteiger partial charge < -0.3 is 9.84 Å². The van der Waals surface area contributed by atoms with Crippen molar-refractivity contribution in [2.24, 2.45) is 0 Å². The summed E-state index contributed by atoms with van der Waals surface area (Å²) in [5.74, 6) is 0. The first-order chi connectivity index (χ1) is 8.16. The Labute approximate surface area is 115 Å². The predicted molar refractivity (Wildman–Crippen MR) is 72.3 cm³/mol. The van der Waals surface area contributed by atoms with Gasteiger partial charge in [0, 0.05) is 16.1 Å². The normalized spacial score (nSPS) is 21.7. The molecule has 17 heavy (non-hydrogen) atoms. The van der Waals surface area contributed by atoms with E-state index in [1.54, 1.807) is 0 Å². The molecule has 0 amide bonds. The average molecular weight is 320 g/mol. The molecule has 2 nitrogen and oxygen atoms in total. The van der Waals surface area contributed by atoms with E-state index < -0.39 is 6.10 Å². The second-order valence-electron chi connectivity index (χ2n) is 4.39. The standard InChI is InChI=1S/C13H16BrClO2/c14-12-5-3-9(15)8-11(12)13(16)6-4-10-2-1-7-17-10/h3,5,8,10,13,16H,1-2,4,6-7H2. The highest BCUT2D eigenvalue weighted by molar-refractivity contribution is 9.10. The smallest absolute Gasteiger partial charge is 0.0802 e. The monoisotopic (exact) mass is 318 g/mol. The highest BCUT2D eigenvalue weighted by atomic mass is 79.9. The fourth-order valence-corrected chi connectivity index (χ4v) is 2.83. The van der Waals surface area contributed by atoms with Gasteiger partial charge >= 0.3 is 0 Å². The maximum atomic E-state index is 10.1. The largest absolute Gasteiger partial charge is 0.388 e. The molecular weight excluding hydrogens is 303 g/mol. The molecule has 0 aromatic heterocycles. The van der Waals surface area contributed by atoms with Gasteiger partial charge in [-0.25, -0.2) is 0 Å². The molecule has 1 saturated heterocycles. The number of hydrogen-bond donors (Lipinski definition) is 1. The zero-order valence-corrected chi connectivity index (χ0v) is 11.9.